The van der Waals surface area contributed by atoms with Crippen LogP contribution in [0.25, 0.3) is 0 Å². The standard InChI is InChI=1S/C34H37FN2O5S/c1-19-14-32-18-33(32,30(2)15-20(17-36)24(13-23(19)30)37-22-8-6-21(35)7-9-22)27(38)16-31(3)26(32)10-11-34(31,29(40)43)42-28(39)25-5-4-12-41-25/h4-9,12-13,17,19,26-27,36-38H,10-11,14-16,18H2,1-3H3,(H,40,43)/p+1/t19-,26?,27-,30-,31-,32?,33?,34-/m0/s1. The highest BCUT2D eigenvalue weighted by atomic mass is 32.1. The van der Waals surface area contributed by atoms with E-state index in [1.54, 1.807) is 18.2 Å². The average molecular weight is 606 g/mol. The number of halogens is 1. The minimum Gasteiger partial charge on any atom is -0.457 e. The Kier molecular flexibility index (Phi) is 6.18. The largest absolute Gasteiger partial charge is 0.457 e. The Hall–Kier alpha value is -3.01. The van der Waals surface area contributed by atoms with Crippen molar-refractivity contribution in [2.45, 2.75) is 71.0 Å². The molecular weight excluding hydrogens is 567 g/mol. The van der Waals surface area contributed by atoms with Gasteiger partial charge in [0.25, 0.3) is 0 Å². The number of nitrogens with two attached hydrogens (primary N) is 1. The molecule has 0 spiro atoms. The number of nitrogens with one attached hydrogen (secondary N) is 1. The highest BCUT2D eigenvalue weighted by Crippen LogP contribution is 2.90. The van der Waals surface area contributed by atoms with Crippen LogP contribution in [0.15, 0.2) is 70.0 Å². The monoisotopic (exact) mass is 605 g/mol. The van der Waals surface area contributed by atoms with Crippen molar-refractivity contribution >= 4 is 35.6 Å². The van der Waals surface area contributed by atoms with Crippen LogP contribution in [0.1, 0.15) is 69.9 Å². The number of aliphatic hydroxyl groups excluding tert-OH is 1. The predicted octanol–water partition coefficient (Wildman–Crippen LogP) is 5.50. The number of fused-ring (bicyclic) bond motifs is 2. The third kappa shape index (κ3) is 3.53. The molecule has 3 unspecified atom stereocenters. The molecule has 1 heterocycles. The number of thiol groups is 1. The number of quaternary nitrogens is 1. The van der Waals surface area contributed by atoms with Crippen LogP contribution < -0.4 is 5.32 Å². The van der Waals surface area contributed by atoms with E-state index in [-0.39, 0.29) is 34.2 Å². The first-order valence-corrected chi connectivity index (χ1v) is 15.6. The van der Waals surface area contributed by atoms with Gasteiger partial charge in [-0.05, 0) is 86.1 Å². The number of carbonyl (C=O) groups is 2. The Labute approximate surface area is 255 Å². The molecule has 0 radical (unpaired) electrons. The Morgan fingerprint density at radius 1 is 1.21 bits per heavy atom. The number of hydrogen-bond acceptors (Lipinski definition) is 6. The Bertz CT molecular complexity index is 1600. The second-order valence-electron chi connectivity index (χ2n) is 14.1. The number of carbonyl (C=O) groups excluding carboxylic acids is 2. The smallest absolute Gasteiger partial charge is 0.375 e. The summed E-state index contributed by atoms with van der Waals surface area (Å²) in [5.74, 6) is -0.703. The van der Waals surface area contributed by atoms with E-state index in [0.717, 1.165) is 29.8 Å². The molecule has 4 fully saturated rings. The number of furan rings is 1. The maximum Gasteiger partial charge on any atom is 0.375 e. The zero-order valence-electron chi connectivity index (χ0n) is 24.7. The summed E-state index contributed by atoms with van der Waals surface area (Å²) in [5.41, 5.74) is 0.665. The topological polar surface area (TPSA) is 117 Å². The van der Waals surface area contributed by atoms with Crippen molar-refractivity contribution in [1.82, 2.24) is 0 Å². The van der Waals surface area contributed by atoms with Crippen LogP contribution in [0.4, 0.5) is 10.1 Å². The third-order valence-corrected chi connectivity index (χ3v) is 12.8. The molecule has 0 amide bonds. The molecule has 4 saturated carbocycles. The molecule has 9 heteroatoms. The molecule has 8 atom stereocenters. The predicted molar refractivity (Wildman–Crippen MR) is 160 cm³/mol. The molecule has 0 bridgehead atoms. The van der Waals surface area contributed by atoms with Crippen molar-refractivity contribution in [2.24, 2.45) is 33.5 Å². The normalized spacial score (nSPS) is 40.9. The fraction of sp³-hybridized carbons (Fsp3) is 0.500. The lowest BCUT2D eigenvalue weighted by Crippen LogP contribution is -2.76. The summed E-state index contributed by atoms with van der Waals surface area (Å²) in [6.45, 7) is 6.50. The molecule has 7 nitrogen and oxygen atoms in total. The van der Waals surface area contributed by atoms with Crippen molar-refractivity contribution in [1.29, 1.82) is 5.41 Å². The quantitative estimate of drug-likeness (QED) is 0.150. The van der Waals surface area contributed by atoms with E-state index >= 15 is 0 Å². The molecular formula is C34H38FN2O5S+. The molecule has 2 aromatic rings. The van der Waals surface area contributed by atoms with E-state index in [9.17, 15) is 19.1 Å². The van der Waals surface area contributed by atoms with Crippen LogP contribution in [-0.2, 0) is 9.53 Å². The Morgan fingerprint density at radius 3 is 2.60 bits per heavy atom. The summed E-state index contributed by atoms with van der Waals surface area (Å²) in [6.07, 6.45) is 7.94. The maximum atomic E-state index is 13.6. The van der Waals surface area contributed by atoms with Crippen molar-refractivity contribution in [3.8, 4) is 0 Å². The number of rotatable bonds is 6. The van der Waals surface area contributed by atoms with Gasteiger partial charge in [-0.15, -0.1) is 12.6 Å². The highest BCUT2D eigenvalue weighted by molar-refractivity contribution is 7.96. The summed E-state index contributed by atoms with van der Waals surface area (Å²) in [5, 5.41) is 22.1. The van der Waals surface area contributed by atoms with Gasteiger partial charge in [0.15, 0.2) is 5.60 Å². The third-order valence-electron chi connectivity index (χ3n) is 12.4. The van der Waals surface area contributed by atoms with E-state index < -0.39 is 33.6 Å². The van der Waals surface area contributed by atoms with Crippen LogP contribution in [0.3, 0.4) is 0 Å². The lowest BCUT2D eigenvalue weighted by molar-refractivity contribution is -0.513. The van der Waals surface area contributed by atoms with Crippen LogP contribution in [0.2, 0.25) is 0 Å². The molecule has 5 aliphatic rings. The van der Waals surface area contributed by atoms with Gasteiger partial charge in [-0.25, -0.2) is 9.18 Å². The number of esters is 1. The molecule has 43 heavy (non-hydrogen) atoms. The zero-order valence-corrected chi connectivity index (χ0v) is 25.5. The first-order valence-electron chi connectivity index (χ1n) is 15.1. The summed E-state index contributed by atoms with van der Waals surface area (Å²) >= 11 is 4.31. The van der Waals surface area contributed by atoms with Crippen LogP contribution in [-0.4, -0.2) is 34.1 Å². The van der Waals surface area contributed by atoms with E-state index in [1.165, 1.54) is 36.2 Å². The summed E-state index contributed by atoms with van der Waals surface area (Å²) < 4.78 is 24.9. The highest BCUT2D eigenvalue weighted by Gasteiger charge is 2.88. The Morgan fingerprint density at radius 2 is 1.95 bits per heavy atom. The fourth-order valence-corrected chi connectivity index (χ4v) is 11.2. The fourth-order valence-electron chi connectivity index (χ4n) is 10.8. The maximum absolute atomic E-state index is 13.6. The van der Waals surface area contributed by atoms with E-state index in [2.05, 4.69) is 32.6 Å². The van der Waals surface area contributed by atoms with Crippen LogP contribution >= 0.6 is 12.6 Å². The van der Waals surface area contributed by atoms with Gasteiger partial charge in [-0.2, -0.15) is 0 Å². The number of hydrogen-bond donors (Lipinski definition) is 4. The summed E-state index contributed by atoms with van der Waals surface area (Å²) in [6, 6.07) is 9.48. The van der Waals surface area contributed by atoms with Gasteiger partial charge in [-0.1, -0.05) is 26.3 Å². The minimum absolute atomic E-state index is 0.0336. The van der Waals surface area contributed by atoms with E-state index in [4.69, 9.17) is 14.6 Å². The molecule has 1 aromatic heterocycles. The van der Waals surface area contributed by atoms with Crippen LogP contribution in [0.5, 0.6) is 0 Å². The first kappa shape index (κ1) is 28.7. The molecule has 0 aliphatic heterocycles. The van der Waals surface area contributed by atoms with Gasteiger partial charge in [-0.3, -0.25) is 10.1 Å². The number of allylic oxidation sites excluding steroid dienone is 3. The second-order valence-corrected chi connectivity index (χ2v) is 14.5. The van der Waals surface area contributed by atoms with Crippen molar-refractivity contribution in [2.75, 3.05) is 0 Å². The van der Waals surface area contributed by atoms with Gasteiger partial charge in [0.2, 0.25) is 10.9 Å². The first-order chi connectivity index (χ1) is 20.4. The number of benzene rings is 1. The van der Waals surface area contributed by atoms with Gasteiger partial charge in [0, 0.05) is 40.2 Å². The lowest BCUT2D eigenvalue weighted by atomic mass is 9.44. The summed E-state index contributed by atoms with van der Waals surface area (Å²) in [7, 11) is 0. The van der Waals surface area contributed by atoms with E-state index in [1.807, 2.05) is 12.2 Å². The molecule has 7 rings (SSSR count). The minimum atomic E-state index is -1.47. The second kappa shape index (κ2) is 9.25. The van der Waals surface area contributed by atoms with E-state index in [0.29, 0.717) is 25.7 Å². The average Bonchev–Trinajstić information content (AvgIpc) is 3.25. The lowest BCUT2D eigenvalue weighted by Gasteiger charge is -2.61. The van der Waals surface area contributed by atoms with Crippen LogP contribution in [0, 0.1) is 44.7 Å². The molecule has 226 valence electrons. The zero-order chi connectivity index (χ0) is 30.6. The van der Waals surface area contributed by atoms with Gasteiger partial charge < -0.3 is 19.7 Å². The van der Waals surface area contributed by atoms with Crippen molar-refractivity contribution in [3.63, 3.8) is 0 Å². The Balaban J connectivity index is 1.27. The van der Waals surface area contributed by atoms with Gasteiger partial charge >= 0.3 is 5.97 Å². The number of ether oxygens (including phenoxy) is 1. The van der Waals surface area contributed by atoms with Crippen molar-refractivity contribution in [3.05, 3.63) is 77.2 Å². The summed E-state index contributed by atoms with van der Waals surface area (Å²) in [4.78, 5) is 26.5. The SMILES string of the molecule is C[C@H]1CC23CC2([C@@H](O)C[C@@]2(C)C3CC[C@]2(OC(=O)c2ccco2)C(=O)S)[C@@]2(C)CC(C=N)=C([NH2+]c3ccc(F)cc3)C=C12. The molecule has 5 aliphatic carbocycles. The van der Waals surface area contributed by atoms with Gasteiger partial charge in [0.1, 0.15) is 17.2 Å². The number of aliphatic hydroxyl groups is 1. The molecule has 4 N–H and O–H groups in total. The van der Waals surface area contributed by atoms with Crippen molar-refractivity contribution < 1.29 is 33.6 Å². The van der Waals surface area contributed by atoms with Gasteiger partial charge in [0.05, 0.1) is 12.4 Å². The molecule has 1 aromatic carbocycles. The molecule has 0 saturated heterocycles.